The number of nitrogens with zero attached hydrogens (tertiary/aromatic N) is 1. The van der Waals surface area contributed by atoms with Crippen molar-refractivity contribution in [2.24, 2.45) is 11.8 Å². The zero-order chi connectivity index (χ0) is 9.42. The predicted octanol–water partition coefficient (Wildman–Crippen LogP) is 2.43. The van der Waals surface area contributed by atoms with E-state index in [1.807, 2.05) is 0 Å². The molecule has 0 radical (unpaired) electrons. The number of piperidine rings is 1. The highest BCUT2D eigenvalue weighted by Gasteiger charge is 2.37. The lowest BCUT2D eigenvalue weighted by atomic mass is 9.77. The van der Waals surface area contributed by atoms with Crippen LogP contribution in [0.25, 0.3) is 0 Å². The minimum Gasteiger partial charge on any atom is -0.300 e. The highest BCUT2D eigenvalue weighted by molar-refractivity contribution is 7.81. The summed E-state index contributed by atoms with van der Waals surface area (Å²) in [6, 6.07) is 0.726. The average Bonchev–Trinajstić information content (AvgIpc) is 2.02. The van der Waals surface area contributed by atoms with Gasteiger partial charge >= 0.3 is 0 Å². The summed E-state index contributed by atoms with van der Waals surface area (Å²) in [5.41, 5.74) is 0. The fourth-order valence-corrected chi connectivity index (χ4v) is 3.35. The Morgan fingerprint density at radius 1 is 1.15 bits per heavy atom. The molecular formula is C11H21NS. The van der Waals surface area contributed by atoms with E-state index in [0.717, 1.165) is 17.9 Å². The molecule has 0 aromatic heterocycles. The maximum Gasteiger partial charge on any atom is 0.00977 e. The summed E-state index contributed by atoms with van der Waals surface area (Å²) in [5.74, 6) is 1.75. The summed E-state index contributed by atoms with van der Waals surface area (Å²) in [7, 11) is 0. The molecule has 0 aromatic carbocycles. The third kappa shape index (κ3) is 1.89. The topological polar surface area (TPSA) is 3.24 Å². The number of hydrogen-bond donors (Lipinski definition) is 1. The lowest BCUT2D eigenvalue weighted by Crippen LogP contribution is -2.51. The molecule has 1 nitrogen and oxygen atoms in total. The van der Waals surface area contributed by atoms with Crippen LogP contribution >= 0.6 is 12.6 Å². The van der Waals surface area contributed by atoms with Gasteiger partial charge in [-0.1, -0.05) is 6.42 Å². The van der Waals surface area contributed by atoms with Crippen molar-refractivity contribution in [2.75, 3.05) is 13.1 Å². The largest absolute Gasteiger partial charge is 0.300 e. The summed E-state index contributed by atoms with van der Waals surface area (Å²) in [6.07, 6.45) is 4.26. The van der Waals surface area contributed by atoms with Gasteiger partial charge in [-0.25, -0.2) is 0 Å². The first-order valence-electron chi connectivity index (χ1n) is 5.60. The molecule has 0 aromatic rings. The quantitative estimate of drug-likeness (QED) is 0.635. The van der Waals surface area contributed by atoms with Crippen LogP contribution in [0.2, 0.25) is 0 Å². The maximum absolute atomic E-state index is 4.76. The van der Waals surface area contributed by atoms with Gasteiger partial charge in [0.1, 0.15) is 0 Å². The van der Waals surface area contributed by atoms with E-state index in [0.29, 0.717) is 5.25 Å². The molecule has 2 heteroatoms. The number of hydrogen-bond acceptors (Lipinski definition) is 2. The summed E-state index contributed by atoms with van der Waals surface area (Å²) < 4.78 is 0. The molecule has 1 aliphatic carbocycles. The minimum absolute atomic E-state index is 0.698. The molecule has 1 saturated carbocycles. The van der Waals surface area contributed by atoms with Crippen LogP contribution in [0.5, 0.6) is 0 Å². The van der Waals surface area contributed by atoms with Gasteiger partial charge in [0.15, 0.2) is 0 Å². The number of likely N-dealkylation sites (tertiary alicyclic amines) is 1. The Balaban J connectivity index is 2.03. The van der Waals surface area contributed by atoms with Crippen molar-refractivity contribution in [3.05, 3.63) is 0 Å². The van der Waals surface area contributed by atoms with Gasteiger partial charge in [0.25, 0.3) is 0 Å². The first-order valence-corrected chi connectivity index (χ1v) is 6.12. The highest BCUT2D eigenvalue weighted by Crippen LogP contribution is 2.38. The van der Waals surface area contributed by atoms with Crippen LogP contribution in [-0.4, -0.2) is 29.3 Å². The lowest BCUT2D eigenvalue weighted by molar-refractivity contribution is 0.0712. The number of fused-ring (bicyclic) bond motifs is 2. The Kier molecular flexibility index (Phi) is 2.89. The summed E-state index contributed by atoms with van der Waals surface area (Å²) >= 11 is 4.76. The zero-order valence-electron chi connectivity index (χ0n) is 8.74. The first kappa shape index (κ1) is 9.85. The molecule has 2 atom stereocenters. The Morgan fingerprint density at radius 2 is 1.69 bits per heavy atom. The Morgan fingerprint density at radius 3 is 2.15 bits per heavy atom. The van der Waals surface area contributed by atoms with Gasteiger partial charge in [-0.2, -0.15) is 12.6 Å². The zero-order valence-corrected chi connectivity index (χ0v) is 9.63. The second-order valence-corrected chi connectivity index (χ2v) is 5.59. The van der Waals surface area contributed by atoms with Crippen molar-refractivity contribution in [3.63, 3.8) is 0 Å². The fourth-order valence-electron chi connectivity index (χ4n) is 2.87. The molecule has 0 spiro atoms. The van der Waals surface area contributed by atoms with Crippen molar-refractivity contribution >= 4 is 12.6 Å². The second-order valence-electron chi connectivity index (χ2n) is 4.99. The van der Waals surface area contributed by atoms with Crippen molar-refractivity contribution in [1.82, 2.24) is 4.90 Å². The van der Waals surface area contributed by atoms with Crippen LogP contribution in [0, 0.1) is 11.8 Å². The van der Waals surface area contributed by atoms with Crippen LogP contribution < -0.4 is 0 Å². The van der Waals surface area contributed by atoms with Crippen LogP contribution in [0.4, 0.5) is 0 Å². The van der Waals surface area contributed by atoms with Crippen molar-refractivity contribution < 1.29 is 0 Å². The summed E-state index contributed by atoms with van der Waals surface area (Å²) in [6.45, 7) is 7.22. The molecule has 2 bridgehead atoms. The average molecular weight is 199 g/mol. The van der Waals surface area contributed by atoms with Crippen LogP contribution in [0.15, 0.2) is 0 Å². The molecule has 1 saturated heterocycles. The molecule has 1 heterocycles. The minimum atomic E-state index is 0.698. The molecule has 76 valence electrons. The molecule has 2 rings (SSSR count). The van der Waals surface area contributed by atoms with Crippen LogP contribution in [0.3, 0.4) is 0 Å². The van der Waals surface area contributed by atoms with Gasteiger partial charge < -0.3 is 4.90 Å². The summed E-state index contributed by atoms with van der Waals surface area (Å²) in [5, 5.41) is 0.698. The van der Waals surface area contributed by atoms with Gasteiger partial charge in [-0.3, -0.25) is 0 Å². The van der Waals surface area contributed by atoms with E-state index >= 15 is 0 Å². The van der Waals surface area contributed by atoms with Crippen LogP contribution in [-0.2, 0) is 0 Å². The standard InChI is InChI=1S/C11H21NS/c1-8(2)12-6-9-4-3-5-10(7-12)11(9)13/h8-11,13H,3-7H2,1-2H3. The maximum atomic E-state index is 4.76. The van der Waals surface area contributed by atoms with Gasteiger partial charge in [0, 0.05) is 24.4 Å². The van der Waals surface area contributed by atoms with E-state index in [2.05, 4.69) is 18.7 Å². The lowest BCUT2D eigenvalue weighted by Gasteiger charge is -2.47. The normalized spacial score (nSPS) is 41.1. The van der Waals surface area contributed by atoms with Gasteiger partial charge in [-0.15, -0.1) is 0 Å². The monoisotopic (exact) mass is 199 g/mol. The van der Waals surface area contributed by atoms with Crippen molar-refractivity contribution in [1.29, 1.82) is 0 Å². The predicted molar refractivity (Wildman–Crippen MR) is 60.3 cm³/mol. The molecule has 0 N–H and O–H groups in total. The van der Waals surface area contributed by atoms with Crippen molar-refractivity contribution in [2.45, 2.75) is 44.4 Å². The Bertz CT molecular complexity index is 167. The second kappa shape index (κ2) is 3.82. The molecule has 2 fully saturated rings. The third-order valence-corrected chi connectivity index (χ3v) is 4.63. The Labute approximate surface area is 87.3 Å². The van der Waals surface area contributed by atoms with Gasteiger partial charge in [0.05, 0.1) is 0 Å². The number of thiol groups is 1. The van der Waals surface area contributed by atoms with E-state index in [1.54, 1.807) is 0 Å². The third-order valence-electron chi connectivity index (χ3n) is 3.78. The molecule has 2 aliphatic rings. The highest BCUT2D eigenvalue weighted by atomic mass is 32.1. The smallest absolute Gasteiger partial charge is 0.00977 e. The Hall–Kier alpha value is 0.310. The van der Waals surface area contributed by atoms with E-state index in [9.17, 15) is 0 Å². The number of rotatable bonds is 1. The first-order chi connectivity index (χ1) is 6.18. The molecule has 1 aliphatic heterocycles. The fraction of sp³-hybridized carbons (Fsp3) is 1.00. The molecule has 13 heavy (non-hydrogen) atoms. The van der Waals surface area contributed by atoms with Crippen LogP contribution in [0.1, 0.15) is 33.1 Å². The van der Waals surface area contributed by atoms with E-state index in [4.69, 9.17) is 12.6 Å². The van der Waals surface area contributed by atoms with E-state index in [-0.39, 0.29) is 0 Å². The molecule has 2 unspecified atom stereocenters. The van der Waals surface area contributed by atoms with Gasteiger partial charge in [0.2, 0.25) is 0 Å². The van der Waals surface area contributed by atoms with E-state index < -0.39 is 0 Å². The SMILES string of the molecule is CC(C)N1CC2CCCC(C1)C2S. The summed E-state index contributed by atoms with van der Waals surface area (Å²) in [4.78, 5) is 2.64. The molecular weight excluding hydrogens is 178 g/mol. The van der Waals surface area contributed by atoms with E-state index in [1.165, 1.54) is 32.4 Å². The van der Waals surface area contributed by atoms with Crippen molar-refractivity contribution in [3.8, 4) is 0 Å². The molecule has 0 amide bonds. The van der Waals surface area contributed by atoms with Gasteiger partial charge in [-0.05, 0) is 38.5 Å².